The number of halogens is 1. The molecule has 0 radical (unpaired) electrons. The van der Waals surface area contributed by atoms with Gasteiger partial charge >= 0.3 is 0 Å². The number of hydrogen-bond acceptors (Lipinski definition) is 2. The third-order valence-corrected chi connectivity index (χ3v) is 5.25. The van der Waals surface area contributed by atoms with E-state index in [1.54, 1.807) is 11.0 Å². The predicted octanol–water partition coefficient (Wildman–Crippen LogP) is 4.60. The van der Waals surface area contributed by atoms with Crippen molar-refractivity contribution in [3.63, 3.8) is 0 Å². The molecule has 0 heterocycles. The summed E-state index contributed by atoms with van der Waals surface area (Å²) in [6.07, 6.45) is 1.62. The van der Waals surface area contributed by atoms with E-state index >= 15 is 0 Å². The van der Waals surface area contributed by atoms with Crippen LogP contribution in [0.1, 0.15) is 44.7 Å². The van der Waals surface area contributed by atoms with Crippen LogP contribution in [0, 0.1) is 0 Å². The second-order valence-corrected chi connectivity index (χ2v) is 7.42. The molecule has 2 unspecified atom stereocenters. The Kier molecular flexibility index (Phi) is 8.52. The highest BCUT2D eigenvalue weighted by Gasteiger charge is 2.29. The fourth-order valence-electron chi connectivity index (χ4n) is 3.04. The van der Waals surface area contributed by atoms with Gasteiger partial charge in [-0.25, -0.2) is 0 Å². The largest absolute Gasteiger partial charge is 0.352 e. The zero-order valence-electron chi connectivity index (χ0n) is 16.8. The maximum Gasteiger partial charge on any atom is 0.243 e. The van der Waals surface area contributed by atoms with E-state index in [-0.39, 0.29) is 24.3 Å². The van der Waals surface area contributed by atoms with Crippen molar-refractivity contribution in [2.75, 3.05) is 0 Å². The summed E-state index contributed by atoms with van der Waals surface area (Å²) in [5.74, 6) is -0.206. The number of carbonyl (C=O) groups excluding carboxylic acids is 2. The Morgan fingerprint density at radius 2 is 1.64 bits per heavy atom. The van der Waals surface area contributed by atoms with Crippen LogP contribution < -0.4 is 5.32 Å². The molecule has 2 rings (SSSR count). The molecule has 0 saturated carbocycles. The van der Waals surface area contributed by atoms with Gasteiger partial charge in [0.1, 0.15) is 6.04 Å². The highest BCUT2D eigenvalue weighted by Crippen LogP contribution is 2.20. The number of nitrogens with zero attached hydrogens (tertiary/aromatic N) is 1. The Labute approximate surface area is 172 Å². The number of rotatable bonds is 9. The molecular weight excluding hydrogens is 372 g/mol. The first-order chi connectivity index (χ1) is 13.5. The molecule has 0 fully saturated rings. The Bertz CT molecular complexity index is 779. The van der Waals surface area contributed by atoms with Crippen molar-refractivity contribution in [2.24, 2.45) is 0 Å². The molecule has 2 amide bonds. The molecule has 0 aliphatic heterocycles. The van der Waals surface area contributed by atoms with Crippen LogP contribution in [0.3, 0.4) is 0 Å². The lowest BCUT2D eigenvalue weighted by molar-refractivity contribution is -0.141. The van der Waals surface area contributed by atoms with Crippen LogP contribution in [0.15, 0.2) is 54.6 Å². The van der Waals surface area contributed by atoms with Gasteiger partial charge in [0, 0.05) is 17.6 Å². The maximum atomic E-state index is 13.2. The topological polar surface area (TPSA) is 49.4 Å². The lowest BCUT2D eigenvalue weighted by Crippen LogP contribution is -2.51. The standard InChI is InChI=1S/C23H29ClN2O2/c1-4-17(3)25-23(28)21(5-2)26(16-19-13-9-10-14-20(19)24)22(27)15-18-11-7-6-8-12-18/h6-14,17,21H,4-5,15-16H2,1-3H3,(H,25,28). The van der Waals surface area contributed by atoms with Gasteiger partial charge in [0.15, 0.2) is 0 Å². The minimum absolute atomic E-state index is 0.0629. The van der Waals surface area contributed by atoms with E-state index in [9.17, 15) is 9.59 Å². The Morgan fingerprint density at radius 1 is 1.00 bits per heavy atom. The second kappa shape index (κ2) is 10.9. The maximum absolute atomic E-state index is 13.2. The van der Waals surface area contributed by atoms with Crippen molar-refractivity contribution in [3.05, 3.63) is 70.7 Å². The van der Waals surface area contributed by atoms with Gasteiger partial charge in [-0.1, -0.05) is 74.0 Å². The molecule has 150 valence electrons. The minimum atomic E-state index is -0.540. The van der Waals surface area contributed by atoms with Gasteiger partial charge in [-0.2, -0.15) is 0 Å². The van der Waals surface area contributed by atoms with Crippen LogP contribution in [-0.4, -0.2) is 28.8 Å². The van der Waals surface area contributed by atoms with Gasteiger partial charge in [-0.15, -0.1) is 0 Å². The number of carbonyl (C=O) groups is 2. The molecule has 4 nitrogen and oxygen atoms in total. The van der Waals surface area contributed by atoms with Gasteiger partial charge in [0.05, 0.1) is 6.42 Å². The molecule has 0 aliphatic carbocycles. The monoisotopic (exact) mass is 400 g/mol. The number of amides is 2. The number of benzene rings is 2. The summed E-state index contributed by atoms with van der Waals surface area (Å²) in [6.45, 7) is 6.22. The molecule has 2 aromatic carbocycles. The van der Waals surface area contributed by atoms with Crippen LogP contribution in [0.5, 0.6) is 0 Å². The van der Waals surface area contributed by atoms with E-state index in [1.807, 2.05) is 69.3 Å². The van der Waals surface area contributed by atoms with E-state index in [2.05, 4.69) is 5.32 Å². The smallest absolute Gasteiger partial charge is 0.243 e. The summed E-state index contributed by atoms with van der Waals surface area (Å²) in [4.78, 5) is 27.7. The van der Waals surface area contributed by atoms with E-state index in [4.69, 9.17) is 11.6 Å². The SMILES string of the molecule is CCC(C)NC(=O)C(CC)N(Cc1ccccc1Cl)C(=O)Cc1ccccc1. The quantitative estimate of drug-likeness (QED) is 0.668. The lowest BCUT2D eigenvalue weighted by Gasteiger charge is -2.31. The highest BCUT2D eigenvalue weighted by atomic mass is 35.5. The van der Waals surface area contributed by atoms with Crippen molar-refractivity contribution < 1.29 is 9.59 Å². The predicted molar refractivity (Wildman–Crippen MR) is 114 cm³/mol. The van der Waals surface area contributed by atoms with Crippen LogP contribution in [0.25, 0.3) is 0 Å². The van der Waals surface area contributed by atoms with Crippen molar-refractivity contribution in [1.29, 1.82) is 0 Å². The van der Waals surface area contributed by atoms with E-state index in [1.165, 1.54) is 0 Å². The van der Waals surface area contributed by atoms with E-state index in [0.717, 1.165) is 17.5 Å². The fraction of sp³-hybridized carbons (Fsp3) is 0.391. The first kappa shape index (κ1) is 22.0. The highest BCUT2D eigenvalue weighted by molar-refractivity contribution is 6.31. The van der Waals surface area contributed by atoms with Crippen molar-refractivity contribution in [2.45, 2.75) is 58.7 Å². The summed E-state index contributed by atoms with van der Waals surface area (Å²) in [7, 11) is 0. The third kappa shape index (κ3) is 6.10. The fourth-order valence-corrected chi connectivity index (χ4v) is 3.24. The van der Waals surface area contributed by atoms with Gasteiger partial charge in [0.2, 0.25) is 11.8 Å². The van der Waals surface area contributed by atoms with Gasteiger partial charge in [0.25, 0.3) is 0 Å². The second-order valence-electron chi connectivity index (χ2n) is 7.02. The van der Waals surface area contributed by atoms with Crippen LogP contribution in [0.2, 0.25) is 5.02 Å². The summed E-state index contributed by atoms with van der Waals surface area (Å²) >= 11 is 6.33. The Hall–Kier alpha value is -2.33. The molecule has 2 atom stereocenters. The molecule has 0 spiro atoms. The Morgan fingerprint density at radius 3 is 2.25 bits per heavy atom. The van der Waals surface area contributed by atoms with Crippen molar-refractivity contribution in [3.8, 4) is 0 Å². The zero-order valence-corrected chi connectivity index (χ0v) is 17.6. The normalized spacial score (nSPS) is 12.9. The third-order valence-electron chi connectivity index (χ3n) is 4.88. The molecule has 2 aromatic rings. The van der Waals surface area contributed by atoms with Crippen LogP contribution in [0.4, 0.5) is 0 Å². The summed E-state index contributed by atoms with van der Waals surface area (Å²) in [6, 6.07) is 16.6. The molecule has 1 N–H and O–H groups in total. The van der Waals surface area contributed by atoms with Gasteiger partial charge in [-0.3, -0.25) is 9.59 Å². The van der Waals surface area contributed by atoms with Gasteiger partial charge in [-0.05, 0) is 37.0 Å². The summed E-state index contributed by atoms with van der Waals surface area (Å²) < 4.78 is 0. The first-order valence-electron chi connectivity index (χ1n) is 9.83. The van der Waals surface area contributed by atoms with Crippen LogP contribution >= 0.6 is 11.6 Å². The van der Waals surface area contributed by atoms with Crippen molar-refractivity contribution in [1.82, 2.24) is 10.2 Å². The Balaban J connectivity index is 2.29. The number of nitrogens with one attached hydrogen (secondary N) is 1. The molecular formula is C23H29ClN2O2. The lowest BCUT2D eigenvalue weighted by atomic mass is 10.1. The average Bonchev–Trinajstić information content (AvgIpc) is 2.69. The first-order valence-corrected chi connectivity index (χ1v) is 10.2. The summed E-state index contributed by atoms with van der Waals surface area (Å²) in [5, 5.41) is 3.61. The molecule has 0 aliphatic rings. The van der Waals surface area contributed by atoms with E-state index in [0.29, 0.717) is 18.0 Å². The zero-order chi connectivity index (χ0) is 20.5. The van der Waals surface area contributed by atoms with E-state index < -0.39 is 6.04 Å². The molecule has 0 saturated heterocycles. The van der Waals surface area contributed by atoms with Gasteiger partial charge < -0.3 is 10.2 Å². The molecule has 0 bridgehead atoms. The molecule has 28 heavy (non-hydrogen) atoms. The molecule has 0 aromatic heterocycles. The van der Waals surface area contributed by atoms with Crippen LogP contribution in [-0.2, 0) is 22.6 Å². The molecule has 5 heteroatoms. The number of hydrogen-bond donors (Lipinski definition) is 1. The summed E-state index contributed by atoms with van der Waals surface area (Å²) in [5.41, 5.74) is 1.76. The average molecular weight is 401 g/mol. The minimum Gasteiger partial charge on any atom is -0.352 e. The van der Waals surface area contributed by atoms with Crippen molar-refractivity contribution >= 4 is 23.4 Å².